The SMILES string of the molecule is Nc1ccc2ncc(Cl)nc2n1. The van der Waals surface area contributed by atoms with Gasteiger partial charge in [0.25, 0.3) is 0 Å². The van der Waals surface area contributed by atoms with Gasteiger partial charge in [-0.05, 0) is 12.1 Å². The molecule has 12 heavy (non-hydrogen) atoms. The quantitative estimate of drug-likeness (QED) is 0.663. The van der Waals surface area contributed by atoms with E-state index in [-0.39, 0.29) is 0 Å². The van der Waals surface area contributed by atoms with Crippen molar-refractivity contribution in [3.63, 3.8) is 0 Å². The fourth-order valence-corrected chi connectivity index (χ4v) is 1.02. The Morgan fingerprint density at radius 3 is 2.92 bits per heavy atom. The molecule has 4 nitrogen and oxygen atoms in total. The van der Waals surface area contributed by atoms with Crippen LogP contribution in [0.5, 0.6) is 0 Å². The van der Waals surface area contributed by atoms with Gasteiger partial charge >= 0.3 is 0 Å². The molecule has 0 aliphatic rings. The molecule has 0 aliphatic heterocycles. The topological polar surface area (TPSA) is 64.7 Å². The Hall–Kier alpha value is -1.42. The van der Waals surface area contributed by atoms with Crippen LogP contribution >= 0.6 is 11.6 Å². The fraction of sp³-hybridized carbons (Fsp3) is 0. The van der Waals surface area contributed by atoms with E-state index < -0.39 is 0 Å². The molecule has 0 saturated carbocycles. The van der Waals surface area contributed by atoms with Gasteiger partial charge in [0.15, 0.2) is 5.65 Å². The highest BCUT2D eigenvalue weighted by Gasteiger charge is 1.98. The van der Waals surface area contributed by atoms with Crippen LogP contribution in [0, 0.1) is 0 Å². The monoisotopic (exact) mass is 180 g/mol. The maximum atomic E-state index is 5.62. The smallest absolute Gasteiger partial charge is 0.181 e. The van der Waals surface area contributed by atoms with E-state index in [2.05, 4.69) is 15.0 Å². The first-order chi connectivity index (χ1) is 5.75. The van der Waals surface area contributed by atoms with Crippen molar-refractivity contribution >= 4 is 28.6 Å². The van der Waals surface area contributed by atoms with Crippen molar-refractivity contribution in [1.29, 1.82) is 0 Å². The summed E-state index contributed by atoms with van der Waals surface area (Å²) in [6.07, 6.45) is 1.47. The zero-order valence-corrected chi connectivity index (χ0v) is 6.78. The van der Waals surface area contributed by atoms with E-state index in [1.54, 1.807) is 12.1 Å². The van der Waals surface area contributed by atoms with Gasteiger partial charge in [-0.1, -0.05) is 11.6 Å². The van der Waals surface area contributed by atoms with Gasteiger partial charge in [-0.15, -0.1) is 0 Å². The van der Waals surface area contributed by atoms with Gasteiger partial charge in [0.2, 0.25) is 0 Å². The van der Waals surface area contributed by atoms with Crippen molar-refractivity contribution in [3.05, 3.63) is 23.5 Å². The van der Waals surface area contributed by atoms with Gasteiger partial charge in [0.1, 0.15) is 16.5 Å². The third-order valence-electron chi connectivity index (χ3n) is 1.40. The molecule has 0 atom stereocenters. The maximum absolute atomic E-state index is 5.62. The molecule has 0 saturated heterocycles. The van der Waals surface area contributed by atoms with Crippen LogP contribution in [0.2, 0.25) is 5.15 Å². The molecule has 0 radical (unpaired) electrons. The lowest BCUT2D eigenvalue weighted by Gasteiger charge is -1.96. The molecule has 2 aromatic rings. The number of nitrogens with two attached hydrogens (primary N) is 1. The second-order valence-electron chi connectivity index (χ2n) is 2.27. The van der Waals surface area contributed by atoms with E-state index in [1.807, 2.05) is 0 Å². The van der Waals surface area contributed by atoms with E-state index in [4.69, 9.17) is 17.3 Å². The first-order valence-corrected chi connectivity index (χ1v) is 3.68. The summed E-state index contributed by atoms with van der Waals surface area (Å²) < 4.78 is 0. The van der Waals surface area contributed by atoms with Crippen molar-refractivity contribution in [1.82, 2.24) is 15.0 Å². The Balaban J connectivity index is 2.80. The number of hydrogen-bond acceptors (Lipinski definition) is 4. The minimum Gasteiger partial charge on any atom is -0.384 e. The first kappa shape index (κ1) is 7.24. The predicted molar refractivity (Wildman–Crippen MR) is 46.8 cm³/mol. The third kappa shape index (κ3) is 1.16. The molecular weight excluding hydrogens is 176 g/mol. The summed E-state index contributed by atoms with van der Waals surface area (Å²) in [6, 6.07) is 3.42. The molecule has 2 N–H and O–H groups in total. The number of halogens is 1. The summed E-state index contributed by atoms with van der Waals surface area (Å²) >= 11 is 5.62. The lowest BCUT2D eigenvalue weighted by molar-refractivity contribution is 1.23. The van der Waals surface area contributed by atoms with Crippen molar-refractivity contribution in [2.24, 2.45) is 0 Å². The van der Waals surface area contributed by atoms with Crippen molar-refractivity contribution in [3.8, 4) is 0 Å². The number of anilines is 1. The van der Waals surface area contributed by atoms with Crippen LogP contribution in [0.15, 0.2) is 18.3 Å². The lowest BCUT2D eigenvalue weighted by Crippen LogP contribution is -1.93. The Labute approximate surface area is 73.4 Å². The summed E-state index contributed by atoms with van der Waals surface area (Å²) in [7, 11) is 0. The Morgan fingerprint density at radius 2 is 2.08 bits per heavy atom. The van der Waals surface area contributed by atoms with Crippen LogP contribution in [0.3, 0.4) is 0 Å². The average molecular weight is 181 g/mol. The molecule has 0 aromatic carbocycles. The van der Waals surface area contributed by atoms with Crippen LogP contribution in [0.1, 0.15) is 0 Å². The second kappa shape index (κ2) is 2.57. The fourth-order valence-electron chi connectivity index (χ4n) is 0.892. The van der Waals surface area contributed by atoms with Gasteiger partial charge in [-0.3, -0.25) is 0 Å². The normalized spacial score (nSPS) is 10.4. The summed E-state index contributed by atoms with van der Waals surface area (Å²) in [6.45, 7) is 0. The number of nitrogens with zero attached hydrogens (tertiary/aromatic N) is 3. The second-order valence-corrected chi connectivity index (χ2v) is 2.66. The van der Waals surface area contributed by atoms with E-state index >= 15 is 0 Å². The average Bonchev–Trinajstić information content (AvgIpc) is 2.03. The highest BCUT2D eigenvalue weighted by molar-refractivity contribution is 6.29. The molecule has 0 amide bonds. The molecular formula is C7H5ClN4. The van der Waals surface area contributed by atoms with Crippen molar-refractivity contribution in [2.45, 2.75) is 0 Å². The number of aromatic nitrogens is 3. The summed E-state index contributed by atoms with van der Waals surface area (Å²) in [5.41, 5.74) is 6.62. The molecule has 2 aromatic heterocycles. The summed E-state index contributed by atoms with van der Waals surface area (Å²) in [5, 5.41) is 0.320. The number of rotatable bonds is 0. The molecule has 5 heteroatoms. The van der Waals surface area contributed by atoms with E-state index in [9.17, 15) is 0 Å². The largest absolute Gasteiger partial charge is 0.384 e. The van der Waals surface area contributed by atoms with Gasteiger partial charge in [-0.2, -0.15) is 0 Å². The Morgan fingerprint density at radius 1 is 1.25 bits per heavy atom. The Bertz CT molecular complexity index is 392. The molecule has 0 spiro atoms. The molecule has 0 aliphatic carbocycles. The molecule has 0 fully saturated rings. The number of hydrogen-bond donors (Lipinski definition) is 1. The summed E-state index contributed by atoms with van der Waals surface area (Å²) in [4.78, 5) is 11.9. The van der Waals surface area contributed by atoms with Gasteiger partial charge in [0, 0.05) is 0 Å². The van der Waals surface area contributed by atoms with E-state index in [0.717, 1.165) is 0 Å². The first-order valence-electron chi connectivity index (χ1n) is 3.30. The van der Waals surface area contributed by atoms with Crippen molar-refractivity contribution < 1.29 is 0 Å². The van der Waals surface area contributed by atoms with Crippen LogP contribution < -0.4 is 5.73 Å². The highest BCUT2D eigenvalue weighted by atomic mass is 35.5. The number of fused-ring (bicyclic) bond motifs is 1. The third-order valence-corrected chi connectivity index (χ3v) is 1.58. The standard InChI is InChI=1S/C7H5ClN4/c8-5-3-10-4-1-2-6(9)12-7(4)11-5/h1-3H,(H2,9,11,12). The molecule has 0 unspecified atom stereocenters. The van der Waals surface area contributed by atoms with Crippen LogP contribution in [-0.2, 0) is 0 Å². The minimum atomic E-state index is 0.320. The minimum absolute atomic E-state index is 0.320. The van der Waals surface area contributed by atoms with E-state index in [0.29, 0.717) is 22.1 Å². The molecule has 60 valence electrons. The predicted octanol–water partition coefficient (Wildman–Crippen LogP) is 1.26. The van der Waals surface area contributed by atoms with Gasteiger partial charge in [0.05, 0.1) is 6.20 Å². The van der Waals surface area contributed by atoms with Crippen LogP contribution in [-0.4, -0.2) is 15.0 Å². The lowest BCUT2D eigenvalue weighted by atomic mass is 10.4. The molecule has 2 rings (SSSR count). The highest BCUT2D eigenvalue weighted by Crippen LogP contribution is 2.11. The van der Waals surface area contributed by atoms with Crippen molar-refractivity contribution in [2.75, 3.05) is 5.73 Å². The van der Waals surface area contributed by atoms with E-state index in [1.165, 1.54) is 6.20 Å². The molecule has 0 bridgehead atoms. The number of pyridine rings is 1. The van der Waals surface area contributed by atoms with Crippen LogP contribution in [0.25, 0.3) is 11.2 Å². The molecule has 2 heterocycles. The Kier molecular flexibility index (Phi) is 1.55. The summed E-state index contributed by atoms with van der Waals surface area (Å²) in [5.74, 6) is 0.416. The number of nitrogen functional groups attached to an aromatic ring is 1. The van der Waals surface area contributed by atoms with Crippen LogP contribution in [0.4, 0.5) is 5.82 Å². The zero-order valence-electron chi connectivity index (χ0n) is 6.03. The zero-order chi connectivity index (χ0) is 8.55. The van der Waals surface area contributed by atoms with Gasteiger partial charge < -0.3 is 5.73 Å². The van der Waals surface area contributed by atoms with Gasteiger partial charge in [-0.25, -0.2) is 15.0 Å². The maximum Gasteiger partial charge on any atom is 0.181 e.